The third-order valence-electron chi connectivity index (χ3n) is 4.94. The largest absolute Gasteiger partial charge is 0.381 e. The van der Waals surface area contributed by atoms with Gasteiger partial charge in [-0.2, -0.15) is 0 Å². The Hall–Kier alpha value is -0.120. The van der Waals surface area contributed by atoms with E-state index in [1.54, 1.807) is 0 Å². The molecular formula is C17H34N2O. The molecule has 0 radical (unpaired) electrons. The molecule has 1 saturated heterocycles. The molecule has 1 aliphatic heterocycles. The van der Waals surface area contributed by atoms with Crippen LogP contribution in [0.1, 0.15) is 52.4 Å². The van der Waals surface area contributed by atoms with E-state index < -0.39 is 0 Å². The summed E-state index contributed by atoms with van der Waals surface area (Å²) in [7, 11) is 2.31. The average Bonchev–Trinajstić information content (AvgIpc) is 2.90. The molecule has 0 bridgehead atoms. The van der Waals surface area contributed by atoms with Gasteiger partial charge in [-0.3, -0.25) is 0 Å². The molecule has 3 heteroatoms. The highest BCUT2D eigenvalue weighted by Crippen LogP contribution is 2.31. The molecule has 1 atom stereocenters. The third kappa shape index (κ3) is 5.01. The molecule has 20 heavy (non-hydrogen) atoms. The van der Waals surface area contributed by atoms with Gasteiger partial charge in [-0.15, -0.1) is 0 Å². The zero-order valence-corrected chi connectivity index (χ0v) is 13.8. The van der Waals surface area contributed by atoms with Crippen LogP contribution < -0.4 is 5.32 Å². The van der Waals surface area contributed by atoms with Gasteiger partial charge >= 0.3 is 0 Å². The van der Waals surface area contributed by atoms with Gasteiger partial charge in [0, 0.05) is 37.7 Å². The number of hydrogen-bond donors (Lipinski definition) is 1. The van der Waals surface area contributed by atoms with Crippen LogP contribution in [0.4, 0.5) is 0 Å². The summed E-state index contributed by atoms with van der Waals surface area (Å²) >= 11 is 0. The maximum absolute atomic E-state index is 5.82. The zero-order valence-electron chi connectivity index (χ0n) is 13.8. The highest BCUT2D eigenvalue weighted by Gasteiger charge is 2.34. The summed E-state index contributed by atoms with van der Waals surface area (Å²) in [6.45, 7) is 9.92. The Labute approximate surface area is 125 Å². The predicted molar refractivity (Wildman–Crippen MR) is 85.1 cm³/mol. The Kier molecular flexibility index (Phi) is 6.31. The first-order chi connectivity index (χ1) is 9.60. The van der Waals surface area contributed by atoms with E-state index in [2.05, 4.69) is 31.1 Å². The fourth-order valence-corrected chi connectivity index (χ4v) is 3.92. The molecule has 2 rings (SSSR count). The maximum atomic E-state index is 5.82. The van der Waals surface area contributed by atoms with Crippen molar-refractivity contribution < 1.29 is 4.74 Å². The average molecular weight is 282 g/mol. The first kappa shape index (κ1) is 16.3. The first-order valence-corrected chi connectivity index (χ1v) is 8.59. The van der Waals surface area contributed by atoms with Gasteiger partial charge in [0.25, 0.3) is 0 Å². The highest BCUT2D eigenvalue weighted by atomic mass is 16.5. The summed E-state index contributed by atoms with van der Waals surface area (Å²) in [6, 6.07) is 0.564. The summed E-state index contributed by atoms with van der Waals surface area (Å²) < 4.78 is 5.82. The molecule has 0 amide bonds. The molecule has 1 saturated carbocycles. The van der Waals surface area contributed by atoms with Crippen LogP contribution in [0, 0.1) is 11.3 Å². The van der Waals surface area contributed by atoms with Crippen LogP contribution in [0.3, 0.4) is 0 Å². The Bertz CT molecular complexity index is 268. The van der Waals surface area contributed by atoms with Crippen molar-refractivity contribution in [1.82, 2.24) is 10.2 Å². The molecule has 3 nitrogen and oxygen atoms in total. The molecule has 1 heterocycles. The van der Waals surface area contributed by atoms with E-state index in [1.165, 1.54) is 51.6 Å². The highest BCUT2D eigenvalue weighted by molar-refractivity contribution is 4.88. The van der Waals surface area contributed by atoms with Crippen molar-refractivity contribution in [3.63, 3.8) is 0 Å². The molecule has 2 fully saturated rings. The van der Waals surface area contributed by atoms with Gasteiger partial charge in [0.05, 0.1) is 6.61 Å². The topological polar surface area (TPSA) is 24.5 Å². The van der Waals surface area contributed by atoms with Crippen molar-refractivity contribution in [2.75, 3.05) is 39.9 Å². The fourth-order valence-electron chi connectivity index (χ4n) is 3.92. The molecule has 0 aromatic rings. The summed E-state index contributed by atoms with van der Waals surface area (Å²) in [5, 5.41) is 3.65. The van der Waals surface area contributed by atoms with E-state index in [0.717, 1.165) is 25.7 Å². The Morgan fingerprint density at radius 3 is 2.60 bits per heavy atom. The van der Waals surface area contributed by atoms with Crippen LogP contribution in [-0.2, 0) is 4.74 Å². The number of nitrogens with zero attached hydrogens (tertiary/aromatic N) is 1. The zero-order chi connectivity index (χ0) is 14.4. The van der Waals surface area contributed by atoms with Crippen LogP contribution in [0.15, 0.2) is 0 Å². The van der Waals surface area contributed by atoms with Gasteiger partial charge in [-0.25, -0.2) is 0 Å². The van der Waals surface area contributed by atoms with Crippen molar-refractivity contribution in [3.05, 3.63) is 0 Å². The van der Waals surface area contributed by atoms with Crippen LogP contribution in [0.25, 0.3) is 0 Å². The van der Waals surface area contributed by atoms with E-state index >= 15 is 0 Å². The minimum atomic E-state index is 0.329. The van der Waals surface area contributed by atoms with Crippen molar-refractivity contribution in [1.29, 1.82) is 0 Å². The number of rotatable bonds is 7. The standard InChI is InChI=1S/C17H34N2O/c1-15(2)18-12-17(9-6-10-20-14-17)13-19(3)11-16-7-4-5-8-16/h15-16,18H,4-14H2,1-3H3. The molecule has 0 aromatic heterocycles. The van der Waals surface area contributed by atoms with Gasteiger partial charge in [-0.1, -0.05) is 26.7 Å². The maximum Gasteiger partial charge on any atom is 0.0546 e. The Morgan fingerprint density at radius 2 is 2.00 bits per heavy atom. The Morgan fingerprint density at radius 1 is 1.25 bits per heavy atom. The number of ether oxygens (including phenoxy) is 1. The molecular weight excluding hydrogens is 248 g/mol. The van der Waals surface area contributed by atoms with E-state index in [1.807, 2.05) is 0 Å². The smallest absolute Gasteiger partial charge is 0.0546 e. The second-order valence-corrected chi connectivity index (χ2v) is 7.54. The van der Waals surface area contributed by atoms with Crippen LogP contribution in [-0.4, -0.2) is 50.8 Å². The lowest BCUT2D eigenvalue weighted by atomic mass is 9.81. The normalized spacial score (nSPS) is 28.6. The molecule has 118 valence electrons. The van der Waals surface area contributed by atoms with Gasteiger partial charge in [0.15, 0.2) is 0 Å². The predicted octanol–water partition coefficient (Wildman–Crippen LogP) is 2.90. The van der Waals surface area contributed by atoms with Gasteiger partial charge in [-0.05, 0) is 38.6 Å². The minimum Gasteiger partial charge on any atom is -0.381 e. The lowest BCUT2D eigenvalue weighted by Crippen LogP contribution is -2.49. The van der Waals surface area contributed by atoms with E-state index in [0.29, 0.717) is 11.5 Å². The van der Waals surface area contributed by atoms with E-state index in [4.69, 9.17) is 4.74 Å². The molecule has 1 aliphatic carbocycles. The van der Waals surface area contributed by atoms with Gasteiger partial charge in [0.1, 0.15) is 0 Å². The molecule has 2 aliphatic rings. The number of hydrogen-bond acceptors (Lipinski definition) is 3. The van der Waals surface area contributed by atoms with Crippen LogP contribution in [0.5, 0.6) is 0 Å². The summed E-state index contributed by atoms with van der Waals surface area (Å²) in [4.78, 5) is 2.58. The van der Waals surface area contributed by atoms with Gasteiger partial charge in [0.2, 0.25) is 0 Å². The lowest BCUT2D eigenvalue weighted by Gasteiger charge is -2.41. The third-order valence-corrected chi connectivity index (χ3v) is 4.94. The van der Waals surface area contributed by atoms with Crippen molar-refractivity contribution >= 4 is 0 Å². The number of nitrogens with one attached hydrogen (secondary N) is 1. The quantitative estimate of drug-likeness (QED) is 0.777. The van der Waals surface area contributed by atoms with Crippen molar-refractivity contribution in [2.45, 2.75) is 58.4 Å². The second kappa shape index (κ2) is 7.77. The summed E-state index contributed by atoms with van der Waals surface area (Å²) in [5.74, 6) is 0.944. The van der Waals surface area contributed by atoms with E-state index in [-0.39, 0.29) is 0 Å². The van der Waals surface area contributed by atoms with E-state index in [9.17, 15) is 0 Å². The molecule has 1 unspecified atom stereocenters. The second-order valence-electron chi connectivity index (χ2n) is 7.54. The monoisotopic (exact) mass is 282 g/mol. The fraction of sp³-hybridized carbons (Fsp3) is 1.00. The molecule has 0 spiro atoms. The SMILES string of the molecule is CC(C)NCC1(CN(C)CC2CCCC2)CCCOC1. The first-order valence-electron chi connectivity index (χ1n) is 8.59. The molecule has 0 aromatic carbocycles. The van der Waals surface area contributed by atoms with Crippen LogP contribution in [0.2, 0.25) is 0 Å². The summed E-state index contributed by atoms with van der Waals surface area (Å²) in [5.41, 5.74) is 0.329. The van der Waals surface area contributed by atoms with Gasteiger partial charge < -0.3 is 15.0 Å². The van der Waals surface area contributed by atoms with Crippen LogP contribution >= 0.6 is 0 Å². The molecule has 1 N–H and O–H groups in total. The lowest BCUT2D eigenvalue weighted by molar-refractivity contribution is -0.0250. The summed E-state index contributed by atoms with van der Waals surface area (Å²) in [6.07, 6.45) is 8.30. The minimum absolute atomic E-state index is 0.329. The van der Waals surface area contributed by atoms with Crippen molar-refractivity contribution in [3.8, 4) is 0 Å². The Balaban J connectivity index is 1.85. The van der Waals surface area contributed by atoms with Crippen molar-refractivity contribution in [2.24, 2.45) is 11.3 Å².